The highest BCUT2D eigenvalue weighted by atomic mass is 16.6. The van der Waals surface area contributed by atoms with Crippen LogP contribution < -0.4 is 16.0 Å². The number of nitrogens with one attached hydrogen (secondary N) is 3. The molecule has 0 saturated carbocycles. The molecule has 0 rings (SSSR count). The van der Waals surface area contributed by atoms with Crippen molar-refractivity contribution >= 4 is 12.0 Å². The van der Waals surface area contributed by atoms with E-state index >= 15 is 0 Å². The molecule has 0 aliphatic carbocycles. The van der Waals surface area contributed by atoms with Crippen molar-refractivity contribution in [2.75, 3.05) is 19.6 Å². The number of ether oxygens (including phenoxy) is 1. The van der Waals surface area contributed by atoms with Crippen molar-refractivity contribution < 1.29 is 14.3 Å². The Morgan fingerprint density at radius 2 is 1.74 bits per heavy atom. The van der Waals surface area contributed by atoms with Gasteiger partial charge in [-0.25, -0.2) is 4.79 Å². The maximum atomic E-state index is 12.3. The Bertz CT molecular complexity index is 351. The van der Waals surface area contributed by atoms with Gasteiger partial charge < -0.3 is 20.7 Å². The molecule has 23 heavy (non-hydrogen) atoms. The van der Waals surface area contributed by atoms with Crippen molar-refractivity contribution in [2.45, 2.75) is 72.4 Å². The maximum absolute atomic E-state index is 12.3. The number of hydrogen-bond acceptors (Lipinski definition) is 4. The van der Waals surface area contributed by atoms with Crippen LogP contribution in [0.25, 0.3) is 0 Å². The summed E-state index contributed by atoms with van der Waals surface area (Å²) in [6.45, 7) is 13.8. The van der Waals surface area contributed by atoms with Gasteiger partial charge in [0.05, 0.1) is 0 Å². The largest absolute Gasteiger partial charge is 0.444 e. The van der Waals surface area contributed by atoms with E-state index in [-0.39, 0.29) is 5.91 Å². The summed E-state index contributed by atoms with van der Waals surface area (Å²) in [5, 5.41) is 8.80. The van der Waals surface area contributed by atoms with E-state index < -0.39 is 17.7 Å². The molecule has 6 nitrogen and oxygen atoms in total. The second-order valence-electron chi connectivity index (χ2n) is 7.22. The summed E-state index contributed by atoms with van der Waals surface area (Å²) in [5.74, 6) is 0.130. The van der Waals surface area contributed by atoms with Crippen LogP contribution in [0.3, 0.4) is 0 Å². The Balaban J connectivity index is 4.30. The van der Waals surface area contributed by atoms with Crippen LogP contribution in [0.15, 0.2) is 0 Å². The van der Waals surface area contributed by atoms with Gasteiger partial charge in [-0.1, -0.05) is 27.2 Å². The Morgan fingerprint density at radius 1 is 1.09 bits per heavy atom. The molecule has 0 aromatic rings. The average Bonchev–Trinajstić information content (AvgIpc) is 2.39. The van der Waals surface area contributed by atoms with Gasteiger partial charge in [-0.2, -0.15) is 0 Å². The third-order valence-corrected chi connectivity index (χ3v) is 3.02. The third kappa shape index (κ3) is 12.9. The van der Waals surface area contributed by atoms with Gasteiger partial charge in [0.25, 0.3) is 0 Å². The SMILES string of the molecule is CCCCNCCNC(=O)[C@H](CC(C)C)NC(=O)OC(C)(C)C. The Kier molecular flexibility index (Phi) is 10.6. The van der Waals surface area contributed by atoms with Crippen LogP contribution in [0.4, 0.5) is 4.79 Å². The van der Waals surface area contributed by atoms with E-state index in [0.717, 1.165) is 25.9 Å². The van der Waals surface area contributed by atoms with Crippen molar-refractivity contribution in [3.05, 3.63) is 0 Å². The lowest BCUT2D eigenvalue weighted by Crippen LogP contribution is -2.49. The molecule has 0 aromatic heterocycles. The van der Waals surface area contributed by atoms with Crippen molar-refractivity contribution in [1.29, 1.82) is 0 Å². The van der Waals surface area contributed by atoms with Crippen LogP contribution in [-0.4, -0.2) is 43.3 Å². The normalized spacial score (nSPS) is 12.8. The van der Waals surface area contributed by atoms with E-state index in [1.165, 1.54) is 0 Å². The van der Waals surface area contributed by atoms with Gasteiger partial charge in [0, 0.05) is 13.1 Å². The minimum absolute atomic E-state index is 0.165. The van der Waals surface area contributed by atoms with Gasteiger partial charge in [0.2, 0.25) is 5.91 Å². The first-order chi connectivity index (χ1) is 10.7. The molecule has 0 saturated heterocycles. The van der Waals surface area contributed by atoms with Gasteiger partial charge in [-0.15, -0.1) is 0 Å². The van der Waals surface area contributed by atoms with Crippen LogP contribution in [0.1, 0.15) is 60.8 Å². The molecule has 0 fully saturated rings. The molecular formula is C17H35N3O3. The Morgan fingerprint density at radius 3 is 2.26 bits per heavy atom. The number of amides is 2. The fourth-order valence-corrected chi connectivity index (χ4v) is 1.98. The van der Waals surface area contributed by atoms with E-state index in [9.17, 15) is 9.59 Å². The highest BCUT2D eigenvalue weighted by Gasteiger charge is 2.24. The number of carbonyl (C=O) groups is 2. The fraction of sp³-hybridized carbons (Fsp3) is 0.882. The fourth-order valence-electron chi connectivity index (χ4n) is 1.98. The number of hydrogen-bond donors (Lipinski definition) is 3. The molecule has 0 aliphatic heterocycles. The second kappa shape index (κ2) is 11.3. The third-order valence-electron chi connectivity index (χ3n) is 3.02. The molecule has 0 unspecified atom stereocenters. The van der Waals surface area contributed by atoms with Crippen LogP contribution in [0.2, 0.25) is 0 Å². The standard InChI is InChI=1S/C17H35N3O3/c1-7-8-9-18-10-11-19-15(21)14(12-13(2)3)20-16(22)23-17(4,5)6/h13-14,18H,7-12H2,1-6H3,(H,19,21)(H,20,22)/t14-/m0/s1. The molecule has 136 valence electrons. The number of alkyl carbamates (subject to hydrolysis) is 1. The topological polar surface area (TPSA) is 79.5 Å². The lowest BCUT2D eigenvalue weighted by atomic mass is 10.0. The van der Waals surface area contributed by atoms with Crippen LogP contribution in [0.5, 0.6) is 0 Å². The minimum atomic E-state index is -0.577. The number of carbonyl (C=O) groups excluding carboxylic acids is 2. The first-order valence-corrected chi connectivity index (χ1v) is 8.63. The molecule has 0 heterocycles. The molecule has 0 aliphatic rings. The summed E-state index contributed by atoms with van der Waals surface area (Å²) in [5.41, 5.74) is -0.577. The molecule has 3 N–H and O–H groups in total. The monoisotopic (exact) mass is 329 g/mol. The van der Waals surface area contributed by atoms with E-state index in [1.54, 1.807) is 20.8 Å². The predicted octanol–water partition coefficient (Wildman–Crippen LogP) is 2.43. The predicted molar refractivity (Wildman–Crippen MR) is 93.4 cm³/mol. The number of rotatable bonds is 10. The average molecular weight is 329 g/mol. The summed E-state index contributed by atoms with van der Waals surface area (Å²) >= 11 is 0. The molecule has 2 amide bonds. The van der Waals surface area contributed by atoms with Gasteiger partial charge >= 0.3 is 6.09 Å². The van der Waals surface area contributed by atoms with E-state index in [2.05, 4.69) is 22.9 Å². The molecule has 6 heteroatoms. The molecule has 1 atom stereocenters. The van der Waals surface area contributed by atoms with E-state index in [0.29, 0.717) is 18.9 Å². The number of unbranched alkanes of at least 4 members (excludes halogenated alkanes) is 1. The molecule has 0 spiro atoms. The van der Waals surface area contributed by atoms with Crippen LogP contribution >= 0.6 is 0 Å². The highest BCUT2D eigenvalue weighted by Crippen LogP contribution is 2.09. The Labute approximate surface area is 141 Å². The first-order valence-electron chi connectivity index (χ1n) is 8.63. The molecule has 0 radical (unpaired) electrons. The molecular weight excluding hydrogens is 294 g/mol. The lowest BCUT2D eigenvalue weighted by molar-refractivity contribution is -0.123. The maximum Gasteiger partial charge on any atom is 0.408 e. The van der Waals surface area contributed by atoms with Gasteiger partial charge in [0.15, 0.2) is 0 Å². The van der Waals surface area contributed by atoms with Gasteiger partial charge in [-0.3, -0.25) is 4.79 Å². The van der Waals surface area contributed by atoms with Crippen molar-refractivity contribution in [2.24, 2.45) is 5.92 Å². The van der Waals surface area contributed by atoms with Crippen LogP contribution in [-0.2, 0) is 9.53 Å². The summed E-state index contributed by atoms with van der Waals surface area (Å²) < 4.78 is 5.23. The summed E-state index contributed by atoms with van der Waals surface area (Å²) in [6, 6.07) is -0.569. The van der Waals surface area contributed by atoms with Crippen LogP contribution in [0, 0.1) is 5.92 Å². The quantitative estimate of drug-likeness (QED) is 0.538. The second-order valence-corrected chi connectivity index (χ2v) is 7.22. The highest BCUT2D eigenvalue weighted by molar-refractivity contribution is 5.85. The Hall–Kier alpha value is -1.30. The van der Waals surface area contributed by atoms with E-state index in [4.69, 9.17) is 4.74 Å². The smallest absolute Gasteiger partial charge is 0.408 e. The van der Waals surface area contributed by atoms with Gasteiger partial charge in [0.1, 0.15) is 11.6 Å². The molecule has 0 aromatic carbocycles. The summed E-state index contributed by atoms with van der Waals surface area (Å²) in [7, 11) is 0. The van der Waals surface area contributed by atoms with Crippen molar-refractivity contribution in [3.8, 4) is 0 Å². The zero-order valence-corrected chi connectivity index (χ0v) is 15.6. The lowest BCUT2D eigenvalue weighted by Gasteiger charge is -2.24. The zero-order chi connectivity index (χ0) is 17.9. The zero-order valence-electron chi connectivity index (χ0n) is 15.6. The first kappa shape index (κ1) is 21.7. The van der Waals surface area contributed by atoms with Crippen molar-refractivity contribution in [1.82, 2.24) is 16.0 Å². The van der Waals surface area contributed by atoms with E-state index in [1.807, 2.05) is 13.8 Å². The molecule has 0 bridgehead atoms. The minimum Gasteiger partial charge on any atom is -0.444 e. The summed E-state index contributed by atoms with van der Waals surface area (Å²) in [4.78, 5) is 24.1. The van der Waals surface area contributed by atoms with Gasteiger partial charge in [-0.05, 0) is 46.1 Å². The summed E-state index contributed by atoms with van der Waals surface area (Å²) in [6.07, 6.45) is 2.30. The van der Waals surface area contributed by atoms with Crippen molar-refractivity contribution in [3.63, 3.8) is 0 Å².